The Morgan fingerprint density at radius 3 is 2.64 bits per heavy atom. The van der Waals surface area contributed by atoms with Crippen LogP contribution < -0.4 is 5.56 Å². The molecule has 0 amide bonds. The highest BCUT2D eigenvalue weighted by atomic mass is 16.1. The molecule has 0 unspecified atom stereocenters. The van der Waals surface area contributed by atoms with Crippen molar-refractivity contribution < 1.29 is 0 Å². The summed E-state index contributed by atoms with van der Waals surface area (Å²) >= 11 is 0. The van der Waals surface area contributed by atoms with Crippen LogP contribution in [0.25, 0.3) is 32.9 Å². The molecule has 3 aromatic carbocycles. The zero-order valence-electron chi connectivity index (χ0n) is 15.4. The van der Waals surface area contributed by atoms with Crippen molar-refractivity contribution in [1.29, 1.82) is 0 Å². The second kappa shape index (κ2) is 6.46. The number of fused-ring (bicyclic) bond motifs is 2. The van der Waals surface area contributed by atoms with Gasteiger partial charge in [0.2, 0.25) is 0 Å². The van der Waals surface area contributed by atoms with Gasteiger partial charge in [0.25, 0.3) is 5.56 Å². The van der Waals surface area contributed by atoms with Crippen molar-refractivity contribution in [3.8, 4) is 11.1 Å². The first-order valence-electron chi connectivity index (χ1n) is 9.15. The van der Waals surface area contributed by atoms with Gasteiger partial charge in [-0.05, 0) is 41.0 Å². The first-order valence-corrected chi connectivity index (χ1v) is 9.15. The Morgan fingerprint density at radius 2 is 1.71 bits per heavy atom. The monoisotopic (exact) mass is 366 g/mol. The minimum absolute atomic E-state index is 0.0228. The maximum atomic E-state index is 12.8. The summed E-state index contributed by atoms with van der Waals surface area (Å²) in [5.41, 5.74) is 4.97. The van der Waals surface area contributed by atoms with Crippen molar-refractivity contribution in [2.75, 3.05) is 0 Å². The van der Waals surface area contributed by atoms with Crippen molar-refractivity contribution >= 4 is 21.8 Å². The lowest BCUT2D eigenvalue weighted by Gasteiger charge is -2.09. The van der Waals surface area contributed by atoms with Gasteiger partial charge >= 0.3 is 0 Å². The van der Waals surface area contributed by atoms with E-state index in [1.165, 1.54) is 0 Å². The molecule has 0 spiro atoms. The molecule has 28 heavy (non-hydrogen) atoms. The molecule has 0 bridgehead atoms. The SMILES string of the molecule is Cn1cc2c(-c3cccc(Cn4cnc5ccccc5c4=O)c3)cccc2n1. The van der Waals surface area contributed by atoms with E-state index < -0.39 is 0 Å². The number of hydrogen-bond donors (Lipinski definition) is 0. The number of para-hydroxylation sites is 1. The Labute approximate surface area is 161 Å². The molecule has 0 aliphatic carbocycles. The topological polar surface area (TPSA) is 52.7 Å². The maximum absolute atomic E-state index is 12.8. The third kappa shape index (κ3) is 2.77. The Bertz CT molecular complexity index is 1380. The van der Waals surface area contributed by atoms with E-state index in [2.05, 4.69) is 28.3 Å². The number of aromatic nitrogens is 4. The summed E-state index contributed by atoms with van der Waals surface area (Å²) in [6.45, 7) is 0.480. The molecule has 0 aliphatic heterocycles. The molecule has 5 aromatic rings. The van der Waals surface area contributed by atoms with E-state index in [1.807, 2.05) is 66.5 Å². The van der Waals surface area contributed by atoms with Crippen LogP contribution in [-0.2, 0) is 13.6 Å². The Hall–Kier alpha value is -3.73. The summed E-state index contributed by atoms with van der Waals surface area (Å²) in [4.78, 5) is 17.2. The van der Waals surface area contributed by atoms with Crippen LogP contribution in [0.2, 0.25) is 0 Å². The highest BCUT2D eigenvalue weighted by molar-refractivity contribution is 5.94. The molecule has 0 fully saturated rings. The van der Waals surface area contributed by atoms with Crippen LogP contribution in [0.4, 0.5) is 0 Å². The van der Waals surface area contributed by atoms with Crippen LogP contribution in [0, 0.1) is 0 Å². The smallest absolute Gasteiger partial charge is 0.261 e. The fourth-order valence-electron chi connectivity index (χ4n) is 3.67. The summed E-state index contributed by atoms with van der Waals surface area (Å²) in [5.74, 6) is 0. The van der Waals surface area contributed by atoms with Gasteiger partial charge in [-0.2, -0.15) is 5.10 Å². The molecule has 0 saturated heterocycles. The summed E-state index contributed by atoms with van der Waals surface area (Å²) in [5, 5.41) is 6.25. The average Bonchev–Trinajstić information content (AvgIpc) is 3.11. The molecule has 136 valence electrons. The lowest BCUT2D eigenvalue weighted by Crippen LogP contribution is -2.21. The quantitative estimate of drug-likeness (QED) is 0.485. The van der Waals surface area contributed by atoms with E-state index in [4.69, 9.17) is 0 Å². The molecule has 5 nitrogen and oxygen atoms in total. The molecule has 2 heterocycles. The first kappa shape index (κ1) is 16.4. The fraction of sp³-hybridized carbons (Fsp3) is 0.0870. The zero-order valence-corrected chi connectivity index (χ0v) is 15.4. The lowest BCUT2D eigenvalue weighted by molar-refractivity contribution is 0.748. The van der Waals surface area contributed by atoms with Gasteiger partial charge in [-0.3, -0.25) is 14.0 Å². The number of benzene rings is 3. The zero-order chi connectivity index (χ0) is 19.1. The van der Waals surface area contributed by atoms with Crippen LogP contribution in [0.1, 0.15) is 5.56 Å². The van der Waals surface area contributed by atoms with Crippen molar-refractivity contribution in [1.82, 2.24) is 19.3 Å². The Kier molecular flexibility index (Phi) is 3.79. The van der Waals surface area contributed by atoms with E-state index in [1.54, 1.807) is 10.9 Å². The molecular weight excluding hydrogens is 348 g/mol. The average molecular weight is 366 g/mol. The maximum Gasteiger partial charge on any atom is 0.261 e. The lowest BCUT2D eigenvalue weighted by atomic mass is 10.00. The van der Waals surface area contributed by atoms with Crippen molar-refractivity contribution in [3.05, 3.63) is 95.2 Å². The molecule has 0 saturated carbocycles. The van der Waals surface area contributed by atoms with Gasteiger partial charge < -0.3 is 0 Å². The number of nitrogens with zero attached hydrogens (tertiary/aromatic N) is 4. The van der Waals surface area contributed by atoms with Gasteiger partial charge in [0.1, 0.15) is 0 Å². The predicted molar refractivity (Wildman–Crippen MR) is 111 cm³/mol. The molecule has 5 heteroatoms. The molecule has 2 aromatic heterocycles. The molecule has 0 atom stereocenters. The molecule has 0 N–H and O–H groups in total. The van der Waals surface area contributed by atoms with Gasteiger partial charge in [-0.25, -0.2) is 4.98 Å². The number of hydrogen-bond acceptors (Lipinski definition) is 3. The van der Waals surface area contributed by atoms with E-state index in [-0.39, 0.29) is 5.56 Å². The summed E-state index contributed by atoms with van der Waals surface area (Å²) < 4.78 is 3.49. The van der Waals surface area contributed by atoms with E-state index in [0.29, 0.717) is 11.9 Å². The van der Waals surface area contributed by atoms with Crippen LogP contribution in [0.5, 0.6) is 0 Å². The third-order valence-electron chi connectivity index (χ3n) is 4.99. The molecular formula is C23H18N4O. The van der Waals surface area contributed by atoms with Crippen LogP contribution >= 0.6 is 0 Å². The Balaban J connectivity index is 1.56. The van der Waals surface area contributed by atoms with Crippen molar-refractivity contribution in [3.63, 3.8) is 0 Å². The van der Waals surface area contributed by atoms with Gasteiger partial charge in [-0.1, -0.05) is 42.5 Å². The van der Waals surface area contributed by atoms with Gasteiger partial charge in [0, 0.05) is 18.6 Å². The van der Waals surface area contributed by atoms with Crippen molar-refractivity contribution in [2.45, 2.75) is 6.54 Å². The van der Waals surface area contributed by atoms with Gasteiger partial charge in [0.15, 0.2) is 0 Å². The van der Waals surface area contributed by atoms with E-state index in [9.17, 15) is 4.79 Å². The van der Waals surface area contributed by atoms with E-state index in [0.717, 1.165) is 33.1 Å². The Morgan fingerprint density at radius 1 is 0.893 bits per heavy atom. The number of aryl methyl sites for hydroxylation is 1. The standard InChI is InChI=1S/C23H18N4O/c1-26-14-20-18(9-5-11-22(20)25-26)17-7-4-6-16(12-17)13-27-15-24-21-10-3-2-8-19(21)23(27)28/h2-12,14-15H,13H2,1H3. The number of rotatable bonds is 3. The second-order valence-corrected chi connectivity index (χ2v) is 6.94. The van der Waals surface area contributed by atoms with Crippen LogP contribution in [-0.4, -0.2) is 19.3 Å². The normalized spacial score (nSPS) is 11.3. The first-order chi connectivity index (χ1) is 13.7. The second-order valence-electron chi connectivity index (χ2n) is 6.94. The molecule has 0 radical (unpaired) electrons. The predicted octanol–water partition coefficient (Wildman–Crippen LogP) is 4.00. The highest BCUT2D eigenvalue weighted by Crippen LogP contribution is 2.28. The minimum atomic E-state index is -0.0228. The van der Waals surface area contributed by atoms with Gasteiger partial charge in [-0.15, -0.1) is 0 Å². The summed E-state index contributed by atoms with van der Waals surface area (Å²) in [6, 6.07) is 21.9. The minimum Gasteiger partial charge on any atom is -0.294 e. The van der Waals surface area contributed by atoms with E-state index >= 15 is 0 Å². The third-order valence-corrected chi connectivity index (χ3v) is 4.99. The van der Waals surface area contributed by atoms with Gasteiger partial charge in [0.05, 0.1) is 29.3 Å². The fourth-order valence-corrected chi connectivity index (χ4v) is 3.67. The molecule has 0 aliphatic rings. The molecule has 5 rings (SSSR count). The summed E-state index contributed by atoms with van der Waals surface area (Å²) in [7, 11) is 1.93. The summed E-state index contributed by atoms with van der Waals surface area (Å²) in [6.07, 6.45) is 3.66. The van der Waals surface area contributed by atoms with Crippen LogP contribution in [0.3, 0.4) is 0 Å². The largest absolute Gasteiger partial charge is 0.294 e. The highest BCUT2D eigenvalue weighted by Gasteiger charge is 2.09. The van der Waals surface area contributed by atoms with Crippen molar-refractivity contribution in [2.24, 2.45) is 7.05 Å². The van der Waals surface area contributed by atoms with Crippen LogP contribution in [0.15, 0.2) is 84.0 Å².